The van der Waals surface area contributed by atoms with Crippen LogP contribution in [0.4, 0.5) is 11.6 Å². The van der Waals surface area contributed by atoms with Crippen LogP contribution in [0.15, 0.2) is 135 Å². The van der Waals surface area contributed by atoms with Gasteiger partial charge in [-0.25, -0.2) is 40.7 Å². The number of aliphatic hydroxyl groups is 1. The Bertz CT molecular complexity index is 3090. The summed E-state index contributed by atoms with van der Waals surface area (Å²) in [6, 6.07) is 27.3. The topological polar surface area (TPSA) is 537 Å². The second kappa shape index (κ2) is 28.7. The number of nitrogens with two attached hydrogens (primary N) is 9. The highest BCUT2D eigenvalue weighted by atomic mass is 35.5. The average molecular weight is 1140 g/mol. The molecule has 0 saturated carbocycles. The van der Waals surface area contributed by atoms with Crippen molar-refractivity contribution in [3.8, 4) is 22.5 Å². The van der Waals surface area contributed by atoms with Gasteiger partial charge in [0, 0.05) is 27.7 Å². The Kier molecular flexibility index (Phi) is 21.7. The number of carbonyl (C=O) groups is 6. The molecule has 31 nitrogen and oxygen atoms in total. The molecular weight excluding hydrogens is 1090 g/mol. The molecule has 33 heteroatoms. The third-order valence-electron chi connectivity index (χ3n) is 10.4. The first-order valence-electron chi connectivity index (χ1n) is 22.9. The van der Waals surface area contributed by atoms with Crippen LogP contribution in [0.5, 0.6) is 0 Å². The molecule has 420 valence electrons. The van der Waals surface area contributed by atoms with Crippen molar-refractivity contribution in [1.82, 2.24) is 36.6 Å². The third-order valence-corrected chi connectivity index (χ3v) is 10.9. The molecule has 5 rings (SSSR count). The number of hydrogen-bond donors (Lipinski definition) is 17. The molecule has 0 radical (unpaired) electrons. The molecule has 0 aliphatic rings. The number of rotatable bonds is 25. The van der Waals surface area contributed by atoms with Gasteiger partial charge >= 0.3 is 0 Å². The number of nitrogens with one attached hydrogen (secondary N) is 6. The van der Waals surface area contributed by atoms with Gasteiger partial charge in [0.1, 0.15) is 6.04 Å². The second-order valence-electron chi connectivity index (χ2n) is 16.3. The maximum atomic E-state index is 14.6. The molecule has 0 spiro atoms. The van der Waals surface area contributed by atoms with E-state index in [9.17, 15) is 33.9 Å². The standard InChI is InChI=1S/C47H54Cl2N22O9/c48-26-14-10-23(11-15-26)29-21-30(24-12-16-27(49)17-13-24)60-47(59-29)71(20-4-5-22-8-18-28(19-9-22)70-80-79)42(78)41(77)61-31(25-6-2-1-3-7-25)37(73)63-34(67-44(53)54)39(75)65-36(69-46(57)58)40(76)64-35(68-45(55)56)38(74)62-33(32(50)72)66-43(51)52/h1-19,21,31,33-36,42,70,78-79H,20H2,(H2,50,72)(H,61,77)(H,62,74)(H,63,73)(H,64,76)(H,65,75)(H4,51,52,66)(H4,53,54,67)(H4,55,56,68)(H4,57,58,69). The van der Waals surface area contributed by atoms with Gasteiger partial charge in [0.15, 0.2) is 23.8 Å². The first kappa shape index (κ1) is 60.5. The van der Waals surface area contributed by atoms with Gasteiger partial charge in [0.05, 0.1) is 17.1 Å². The maximum Gasteiger partial charge on any atom is 0.271 e. The quantitative estimate of drug-likeness (QED) is 0.00909. The third kappa shape index (κ3) is 18.2. The fourth-order valence-corrected chi connectivity index (χ4v) is 7.06. The van der Waals surface area contributed by atoms with Crippen LogP contribution < -0.4 is 88.6 Å². The van der Waals surface area contributed by atoms with E-state index in [-0.39, 0.29) is 18.1 Å². The molecule has 4 aromatic carbocycles. The van der Waals surface area contributed by atoms with Gasteiger partial charge in [-0.15, -0.1) is 4.99 Å². The summed E-state index contributed by atoms with van der Waals surface area (Å²) in [5, 5.41) is 32.8. The molecule has 5 aromatic rings. The zero-order valence-corrected chi connectivity index (χ0v) is 43.1. The number of primary amides is 1. The predicted octanol–water partition coefficient (Wildman–Crippen LogP) is -3.02. The van der Waals surface area contributed by atoms with Crippen molar-refractivity contribution in [2.24, 2.45) is 71.6 Å². The van der Waals surface area contributed by atoms with Crippen LogP contribution in [0.3, 0.4) is 0 Å². The Morgan fingerprint density at radius 3 is 1.41 bits per heavy atom. The summed E-state index contributed by atoms with van der Waals surface area (Å²) in [6.45, 7) is -0.263. The smallest absolute Gasteiger partial charge is 0.271 e. The number of aliphatic hydroxyl groups excluding tert-OH is 1. The summed E-state index contributed by atoms with van der Waals surface area (Å²) in [7, 11) is 0. The highest BCUT2D eigenvalue weighted by Gasteiger charge is 2.35. The van der Waals surface area contributed by atoms with Crippen LogP contribution in [-0.2, 0) is 33.8 Å². The van der Waals surface area contributed by atoms with E-state index in [2.05, 4.69) is 46.4 Å². The molecule has 6 amide bonds. The molecule has 26 N–H and O–H groups in total. The number of halogens is 2. The number of nitrogens with zero attached hydrogens (tertiary/aromatic N) is 7. The number of anilines is 2. The van der Waals surface area contributed by atoms with E-state index in [4.69, 9.17) is 90.0 Å². The van der Waals surface area contributed by atoms with E-state index in [1.54, 1.807) is 97.1 Å². The first-order chi connectivity index (χ1) is 38.0. The van der Waals surface area contributed by atoms with Crippen LogP contribution in [0.1, 0.15) is 17.2 Å². The molecule has 1 heterocycles. The largest absolute Gasteiger partial charge is 0.370 e. The lowest BCUT2D eigenvalue weighted by atomic mass is 10.1. The van der Waals surface area contributed by atoms with Gasteiger partial charge < -0.3 is 88.2 Å². The fraction of sp³-hybridized carbons (Fsp3) is 0.149. The van der Waals surface area contributed by atoms with Crippen LogP contribution >= 0.6 is 23.2 Å². The van der Waals surface area contributed by atoms with Crippen molar-refractivity contribution in [1.29, 1.82) is 0 Å². The number of hydrogen-bond acceptors (Lipinski definition) is 17. The highest BCUT2D eigenvalue weighted by molar-refractivity contribution is 6.31. The molecule has 80 heavy (non-hydrogen) atoms. The molecule has 0 fully saturated rings. The van der Waals surface area contributed by atoms with Crippen molar-refractivity contribution >= 4 is 100 Å². The van der Waals surface area contributed by atoms with E-state index >= 15 is 0 Å². The minimum Gasteiger partial charge on any atom is -0.370 e. The lowest BCUT2D eigenvalue weighted by Gasteiger charge is -2.29. The van der Waals surface area contributed by atoms with E-state index in [0.29, 0.717) is 43.8 Å². The minimum atomic E-state index is -2.20. The Balaban J connectivity index is 1.50. The van der Waals surface area contributed by atoms with Crippen LogP contribution in [0.2, 0.25) is 10.0 Å². The van der Waals surface area contributed by atoms with E-state index in [1.165, 1.54) is 24.3 Å². The van der Waals surface area contributed by atoms with E-state index in [1.807, 2.05) is 10.6 Å². The molecule has 6 unspecified atom stereocenters. The molecule has 1 aromatic heterocycles. The SMILES string of the molecule is NC(=O)C(N=C(N)N)NC(=O)C(N=C(N)N)NC(=O)C(N=C(N)N)NC(=O)C(N=C(N)N)NC(=O)C(NC(=O)C(O)N(CC=Cc1ccc(NOO)cc1)c1nc(-c2ccc(Cl)cc2)cc(-c2ccc(Cl)cc2)n1)c1ccccc1. The highest BCUT2D eigenvalue weighted by Crippen LogP contribution is 2.29. The number of benzene rings is 4. The zero-order chi connectivity index (χ0) is 58.6. The van der Waals surface area contributed by atoms with Gasteiger partial charge in [-0.1, -0.05) is 102 Å². The normalized spacial score (nSPS) is 13.0. The van der Waals surface area contributed by atoms with Crippen molar-refractivity contribution in [2.45, 2.75) is 36.9 Å². The Hall–Kier alpha value is -10.3. The molecule has 6 atom stereocenters. The van der Waals surface area contributed by atoms with Crippen LogP contribution in [-0.4, -0.2) is 117 Å². The van der Waals surface area contributed by atoms with E-state index < -0.39 is 96.2 Å². The molecular formula is C47H54Cl2N22O9. The lowest BCUT2D eigenvalue weighted by molar-refractivity contribution is -0.215. The van der Waals surface area contributed by atoms with Crippen molar-refractivity contribution in [2.75, 3.05) is 16.9 Å². The summed E-state index contributed by atoms with van der Waals surface area (Å²) in [5.74, 6) is -11.0. The number of aromatic nitrogens is 2. The molecule has 0 bridgehead atoms. The monoisotopic (exact) mass is 1140 g/mol. The number of aliphatic imine (C=N–C) groups is 4. The summed E-state index contributed by atoms with van der Waals surface area (Å²) < 4.78 is 0. The fourth-order valence-electron chi connectivity index (χ4n) is 6.80. The minimum absolute atomic E-state index is 0.0941. The summed E-state index contributed by atoms with van der Waals surface area (Å²) in [5.41, 5.74) is 54.5. The second-order valence-corrected chi connectivity index (χ2v) is 17.2. The zero-order valence-electron chi connectivity index (χ0n) is 41.6. The Morgan fingerprint density at radius 2 is 0.988 bits per heavy atom. The maximum absolute atomic E-state index is 14.6. The molecule has 0 aliphatic heterocycles. The Morgan fingerprint density at radius 1 is 0.562 bits per heavy atom. The first-order valence-corrected chi connectivity index (χ1v) is 23.7. The van der Waals surface area contributed by atoms with Crippen molar-refractivity contribution < 1.29 is 44.1 Å². The molecule has 0 aliphatic carbocycles. The number of carbonyl (C=O) groups excluding carboxylic acids is 6. The summed E-state index contributed by atoms with van der Waals surface area (Å²) >= 11 is 12.5. The van der Waals surface area contributed by atoms with Crippen LogP contribution in [0, 0.1) is 0 Å². The predicted molar refractivity (Wildman–Crippen MR) is 297 cm³/mol. The van der Waals surface area contributed by atoms with Gasteiger partial charge in [-0.3, -0.25) is 28.8 Å². The van der Waals surface area contributed by atoms with Gasteiger partial charge in [-0.2, -0.15) is 0 Å². The van der Waals surface area contributed by atoms with Crippen molar-refractivity contribution in [3.05, 3.63) is 136 Å². The van der Waals surface area contributed by atoms with Crippen molar-refractivity contribution in [3.63, 3.8) is 0 Å². The summed E-state index contributed by atoms with van der Waals surface area (Å²) in [6.07, 6.45) is -7.28. The average Bonchev–Trinajstić information content (AvgIpc) is 3.40. The van der Waals surface area contributed by atoms with E-state index in [0.717, 1.165) is 4.90 Å². The summed E-state index contributed by atoms with van der Waals surface area (Å²) in [4.78, 5) is 111. The number of amides is 6. The number of guanidine groups is 4. The van der Waals surface area contributed by atoms with Gasteiger partial charge in [-0.05, 0) is 53.6 Å². The molecule has 0 saturated heterocycles. The van der Waals surface area contributed by atoms with Gasteiger partial charge in [0.25, 0.3) is 29.5 Å². The Labute approximate surface area is 463 Å². The van der Waals surface area contributed by atoms with Crippen LogP contribution in [0.25, 0.3) is 28.6 Å². The lowest BCUT2D eigenvalue weighted by Crippen LogP contribution is -2.58. The van der Waals surface area contributed by atoms with Gasteiger partial charge in [0.2, 0.25) is 42.7 Å².